The summed E-state index contributed by atoms with van der Waals surface area (Å²) in [6.07, 6.45) is 0. The lowest BCUT2D eigenvalue weighted by molar-refractivity contribution is 0.102. The number of benzene rings is 2. The van der Waals surface area contributed by atoms with Gasteiger partial charge < -0.3 is 10.6 Å². The number of urea groups is 1. The van der Waals surface area contributed by atoms with Gasteiger partial charge in [-0.2, -0.15) is 0 Å². The number of carbonyl (C=O) groups is 2. The Morgan fingerprint density at radius 1 is 0.964 bits per heavy atom. The fourth-order valence-corrected chi connectivity index (χ4v) is 3.49. The van der Waals surface area contributed by atoms with Gasteiger partial charge in [0.1, 0.15) is 4.88 Å². The minimum absolute atomic E-state index is 0.299. The molecule has 0 radical (unpaired) electrons. The van der Waals surface area contributed by atoms with Gasteiger partial charge in [0.25, 0.3) is 5.91 Å². The zero-order valence-electron chi connectivity index (χ0n) is 15.6. The van der Waals surface area contributed by atoms with Crippen LogP contribution in [0.5, 0.6) is 0 Å². The highest BCUT2D eigenvalue weighted by Gasteiger charge is 2.17. The summed E-state index contributed by atoms with van der Waals surface area (Å²) in [6, 6.07) is 12.3. The molecule has 3 N–H and O–H groups in total. The summed E-state index contributed by atoms with van der Waals surface area (Å²) in [5.74, 6) is -0.299. The first-order valence-corrected chi connectivity index (χ1v) is 9.71. The minimum atomic E-state index is -0.421. The zero-order chi connectivity index (χ0) is 20.3. The van der Waals surface area contributed by atoms with Crippen molar-refractivity contribution in [2.24, 2.45) is 0 Å². The van der Waals surface area contributed by atoms with Crippen LogP contribution in [-0.2, 0) is 0 Å². The van der Waals surface area contributed by atoms with Crippen LogP contribution in [0.4, 0.5) is 21.3 Å². The zero-order valence-corrected chi connectivity index (χ0v) is 17.2. The average molecular weight is 415 g/mol. The van der Waals surface area contributed by atoms with E-state index in [4.69, 9.17) is 11.6 Å². The van der Waals surface area contributed by atoms with Crippen LogP contribution in [0.1, 0.15) is 26.5 Å². The number of rotatable bonds is 4. The first kappa shape index (κ1) is 19.9. The second-order valence-electron chi connectivity index (χ2n) is 6.29. The van der Waals surface area contributed by atoms with Crippen molar-refractivity contribution in [2.75, 3.05) is 16.0 Å². The first-order chi connectivity index (χ1) is 13.3. The quantitative estimate of drug-likeness (QED) is 0.518. The predicted molar refractivity (Wildman–Crippen MR) is 115 cm³/mol. The topological polar surface area (TPSA) is 83.1 Å². The van der Waals surface area contributed by atoms with Gasteiger partial charge in [-0.3, -0.25) is 10.1 Å². The van der Waals surface area contributed by atoms with Gasteiger partial charge in [0, 0.05) is 16.4 Å². The number of nitrogens with one attached hydrogen (secondary N) is 3. The van der Waals surface area contributed by atoms with Gasteiger partial charge in [-0.05, 0) is 50.6 Å². The molecular formula is C20H19ClN4O2S. The summed E-state index contributed by atoms with van der Waals surface area (Å²) in [7, 11) is 0. The summed E-state index contributed by atoms with van der Waals surface area (Å²) in [4.78, 5) is 29.5. The van der Waals surface area contributed by atoms with Crippen molar-refractivity contribution >= 4 is 51.4 Å². The summed E-state index contributed by atoms with van der Waals surface area (Å²) in [6.45, 7) is 5.58. The highest BCUT2D eigenvalue weighted by Crippen LogP contribution is 2.26. The molecule has 3 rings (SSSR count). The third kappa shape index (κ3) is 4.88. The summed E-state index contributed by atoms with van der Waals surface area (Å²) >= 11 is 7.11. The van der Waals surface area contributed by atoms with Crippen LogP contribution < -0.4 is 16.0 Å². The van der Waals surface area contributed by atoms with Gasteiger partial charge >= 0.3 is 6.03 Å². The van der Waals surface area contributed by atoms with Crippen LogP contribution in [0.25, 0.3) is 0 Å². The molecule has 144 valence electrons. The lowest BCUT2D eigenvalue weighted by Crippen LogP contribution is -2.19. The molecule has 0 aliphatic rings. The predicted octanol–water partition coefficient (Wildman–Crippen LogP) is 5.62. The lowest BCUT2D eigenvalue weighted by atomic mass is 10.2. The summed E-state index contributed by atoms with van der Waals surface area (Å²) in [5.41, 5.74) is 3.85. The molecule has 28 heavy (non-hydrogen) atoms. The number of amides is 3. The van der Waals surface area contributed by atoms with Crippen LogP contribution in [0.15, 0.2) is 42.5 Å². The molecular weight excluding hydrogens is 396 g/mol. The molecule has 0 aliphatic carbocycles. The lowest BCUT2D eigenvalue weighted by Gasteiger charge is -2.08. The van der Waals surface area contributed by atoms with Crippen molar-refractivity contribution in [3.8, 4) is 0 Å². The monoisotopic (exact) mass is 414 g/mol. The maximum absolute atomic E-state index is 12.6. The fourth-order valence-electron chi connectivity index (χ4n) is 2.46. The van der Waals surface area contributed by atoms with E-state index in [9.17, 15) is 9.59 Å². The van der Waals surface area contributed by atoms with Gasteiger partial charge in [0.05, 0.1) is 5.69 Å². The second-order valence-corrected chi connectivity index (χ2v) is 7.73. The minimum Gasteiger partial charge on any atom is -0.321 e. The Labute approximate surface area is 172 Å². The molecule has 3 amide bonds. The van der Waals surface area contributed by atoms with Crippen molar-refractivity contribution in [1.82, 2.24) is 4.98 Å². The van der Waals surface area contributed by atoms with Gasteiger partial charge in [-0.1, -0.05) is 46.7 Å². The molecule has 0 atom stereocenters. The number of carbonyl (C=O) groups excluding carboxylic acids is 2. The number of anilines is 3. The Hall–Kier alpha value is -2.90. The van der Waals surface area contributed by atoms with Crippen LogP contribution in [0.3, 0.4) is 0 Å². The number of thiazole rings is 1. The molecule has 1 heterocycles. The molecule has 8 heteroatoms. The average Bonchev–Trinajstić information content (AvgIpc) is 3.00. The molecule has 0 saturated carbocycles. The maximum Gasteiger partial charge on any atom is 0.325 e. The molecule has 0 bridgehead atoms. The number of aryl methyl sites for hydroxylation is 3. The van der Waals surface area contributed by atoms with E-state index in [0.717, 1.165) is 22.5 Å². The first-order valence-electron chi connectivity index (χ1n) is 8.51. The SMILES string of the molecule is Cc1ccc(NC(=O)Nc2nc(C)c(C(=O)Nc3cc(Cl)ccc3C)s2)cc1. The number of aromatic nitrogens is 1. The van der Waals surface area contributed by atoms with Crippen LogP contribution in [0, 0.1) is 20.8 Å². The number of nitrogens with zero attached hydrogens (tertiary/aromatic N) is 1. The summed E-state index contributed by atoms with van der Waals surface area (Å²) < 4.78 is 0. The maximum atomic E-state index is 12.6. The Balaban J connectivity index is 1.68. The van der Waals surface area contributed by atoms with Crippen LogP contribution in [-0.4, -0.2) is 16.9 Å². The molecule has 2 aromatic carbocycles. The van der Waals surface area contributed by atoms with E-state index < -0.39 is 6.03 Å². The van der Waals surface area contributed by atoms with Crippen molar-refractivity contribution in [1.29, 1.82) is 0 Å². The summed E-state index contributed by atoms with van der Waals surface area (Å²) in [5, 5.41) is 9.11. The molecule has 1 aromatic heterocycles. The normalized spacial score (nSPS) is 10.4. The Morgan fingerprint density at radius 3 is 2.39 bits per heavy atom. The number of halogens is 1. The number of hydrogen-bond acceptors (Lipinski definition) is 4. The molecule has 0 aliphatic heterocycles. The largest absolute Gasteiger partial charge is 0.325 e. The standard InChI is InChI=1S/C20H19ClN4O2S/c1-11-4-8-15(9-5-11)23-19(27)25-20-22-13(3)17(28-20)18(26)24-16-10-14(21)7-6-12(16)2/h4-10H,1-3H3,(H,24,26)(H2,22,23,25,27). The molecule has 0 fully saturated rings. The van der Waals surface area contributed by atoms with E-state index >= 15 is 0 Å². The van der Waals surface area contributed by atoms with E-state index in [-0.39, 0.29) is 5.91 Å². The second kappa shape index (κ2) is 8.41. The van der Waals surface area contributed by atoms with Crippen molar-refractivity contribution in [3.63, 3.8) is 0 Å². The fraction of sp³-hybridized carbons (Fsp3) is 0.150. The molecule has 0 saturated heterocycles. The Kier molecular flexibility index (Phi) is 5.96. The van der Waals surface area contributed by atoms with Crippen LogP contribution >= 0.6 is 22.9 Å². The third-order valence-corrected chi connectivity index (χ3v) is 5.29. The van der Waals surface area contributed by atoms with Crippen molar-refractivity contribution in [2.45, 2.75) is 20.8 Å². The molecule has 3 aromatic rings. The van der Waals surface area contributed by atoms with Crippen molar-refractivity contribution in [3.05, 3.63) is 69.2 Å². The third-order valence-electron chi connectivity index (χ3n) is 3.98. The molecule has 6 nitrogen and oxygen atoms in total. The van der Waals surface area contributed by atoms with Crippen LogP contribution in [0.2, 0.25) is 5.02 Å². The van der Waals surface area contributed by atoms with E-state index in [0.29, 0.717) is 32.1 Å². The van der Waals surface area contributed by atoms with E-state index in [1.165, 1.54) is 0 Å². The number of hydrogen-bond donors (Lipinski definition) is 3. The van der Waals surface area contributed by atoms with Crippen molar-refractivity contribution < 1.29 is 9.59 Å². The molecule has 0 unspecified atom stereocenters. The highest BCUT2D eigenvalue weighted by molar-refractivity contribution is 7.17. The Bertz CT molecular complexity index is 1030. The Morgan fingerprint density at radius 2 is 1.68 bits per heavy atom. The molecule has 0 spiro atoms. The van der Waals surface area contributed by atoms with E-state index in [1.54, 1.807) is 19.1 Å². The smallest absolute Gasteiger partial charge is 0.321 e. The van der Waals surface area contributed by atoms with Gasteiger partial charge in [-0.25, -0.2) is 9.78 Å². The van der Waals surface area contributed by atoms with Gasteiger partial charge in [0.2, 0.25) is 0 Å². The van der Waals surface area contributed by atoms with Gasteiger partial charge in [-0.15, -0.1) is 0 Å². The highest BCUT2D eigenvalue weighted by atomic mass is 35.5. The van der Waals surface area contributed by atoms with E-state index in [1.807, 2.05) is 44.2 Å². The van der Waals surface area contributed by atoms with Gasteiger partial charge in [0.15, 0.2) is 5.13 Å². The van der Waals surface area contributed by atoms with E-state index in [2.05, 4.69) is 20.9 Å².